The van der Waals surface area contributed by atoms with Gasteiger partial charge in [0.2, 0.25) is 0 Å². The molecule has 0 amide bonds. The van der Waals surface area contributed by atoms with Gasteiger partial charge in [0.15, 0.2) is 0 Å². The molecule has 5 unspecified atom stereocenters. The van der Waals surface area contributed by atoms with Crippen LogP contribution in [0.1, 0.15) is 27.7 Å². The van der Waals surface area contributed by atoms with E-state index in [1.165, 1.54) is 0 Å². The summed E-state index contributed by atoms with van der Waals surface area (Å²) in [7, 11) is 0. The fourth-order valence-electron chi connectivity index (χ4n) is 2.34. The Morgan fingerprint density at radius 1 is 0.559 bits per heavy atom. The van der Waals surface area contributed by atoms with Crippen molar-refractivity contribution in [1.82, 2.24) is 0 Å². The molecule has 0 bridgehead atoms. The zero-order valence-corrected chi connectivity index (χ0v) is 20.6. The molecule has 0 N–H and O–H groups in total. The fraction of sp³-hybridized carbons (Fsp3) is 0.625. The molecule has 5 atom stereocenters. The van der Waals surface area contributed by atoms with Gasteiger partial charge in [0.25, 0.3) is 0 Å². The first-order valence-corrected chi connectivity index (χ1v) is 11.0. The second-order valence-corrected chi connectivity index (χ2v) is 7.53. The van der Waals surface area contributed by atoms with Crippen LogP contribution in [0.25, 0.3) is 0 Å². The van der Waals surface area contributed by atoms with Crippen LogP contribution in [0, 0.1) is 0 Å². The minimum atomic E-state index is -0.544. The molecular formula is C24H38O10. The van der Waals surface area contributed by atoms with Gasteiger partial charge in [0.05, 0.1) is 45.7 Å². The molecule has 194 valence electrons. The molecule has 0 aliphatic carbocycles. The topological polar surface area (TPSA) is 116 Å². The summed E-state index contributed by atoms with van der Waals surface area (Å²) in [6.45, 7) is 18.0. The van der Waals surface area contributed by atoms with Crippen molar-refractivity contribution in [3.63, 3.8) is 0 Å². The molecule has 0 aliphatic rings. The summed E-state index contributed by atoms with van der Waals surface area (Å²) in [4.78, 5) is 33.8. The van der Waals surface area contributed by atoms with E-state index in [-0.39, 0.29) is 45.7 Å². The van der Waals surface area contributed by atoms with Crippen molar-refractivity contribution in [2.75, 3.05) is 39.6 Å². The van der Waals surface area contributed by atoms with E-state index < -0.39 is 42.3 Å². The Morgan fingerprint density at radius 3 is 1.32 bits per heavy atom. The van der Waals surface area contributed by atoms with Crippen molar-refractivity contribution in [2.45, 2.75) is 58.2 Å². The molecule has 0 aromatic heterocycles. The molecule has 34 heavy (non-hydrogen) atoms. The van der Waals surface area contributed by atoms with E-state index in [1.807, 2.05) is 6.92 Å². The molecule has 0 saturated carbocycles. The van der Waals surface area contributed by atoms with Gasteiger partial charge in [-0.25, -0.2) is 14.4 Å². The van der Waals surface area contributed by atoms with Gasteiger partial charge in [0.1, 0.15) is 24.4 Å². The zero-order valence-electron chi connectivity index (χ0n) is 20.6. The van der Waals surface area contributed by atoms with Crippen LogP contribution in [0.15, 0.2) is 38.0 Å². The Morgan fingerprint density at radius 2 is 0.912 bits per heavy atom. The minimum Gasteiger partial charge on any atom is -0.457 e. The molecule has 0 aliphatic heterocycles. The van der Waals surface area contributed by atoms with Crippen molar-refractivity contribution < 1.29 is 47.5 Å². The SMILES string of the molecule is C=CC(=O)OC(C)COCC(COCC(C)OCC(C)OC(=O)C=C)OCC(C)OC(=O)C=C. The lowest BCUT2D eigenvalue weighted by Gasteiger charge is -2.23. The van der Waals surface area contributed by atoms with Crippen molar-refractivity contribution in [3.05, 3.63) is 38.0 Å². The monoisotopic (exact) mass is 486 g/mol. The third-order valence-electron chi connectivity index (χ3n) is 3.95. The van der Waals surface area contributed by atoms with Crippen LogP contribution >= 0.6 is 0 Å². The fourth-order valence-corrected chi connectivity index (χ4v) is 2.34. The Bertz CT molecular complexity index is 648. The number of ether oxygens (including phenoxy) is 7. The van der Waals surface area contributed by atoms with Gasteiger partial charge in [-0.05, 0) is 27.7 Å². The standard InChI is InChI=1S/C24H38O10/c1-8-22(25)32-18(5)12-29-16-21(31-14-20(7)34-24(27)10-3)15-28-11-17(4)30-13-19(6)33-23(26)9-2/h8-10,17-21H,1-3,11-16H2,4-7H3. The average molecular weight is 487 g/mol. The zero-order chi connectivity index (χ0) is 25.9. The minimum absolute atomic E-state index is 0.121. The molecule has 0 heterocycles. The predicted molar refractivity (Wildman–Crippen MR) is 124 cm³/mol. The number of hydrogen-bond acceptors (Lipinski definition) is 10. The van der Waals surface area contributed by atoms with Gasteiger partial charge >= 0.3 is 17.9 Å². The Labute approximate surface area is 201 Å². The van der Waals surface area contributed by atoms with Gasteiger partial charge in [-0.15, -0.1) is 0 Å². The van der Waals surface area contributed by atoms with Crippen LogP contribution in [-0.4, -0.2) is 88.1 Å². The molecule has 10 heteroatoms. The smallest absolute Gasteiger partial charge is 0.330 e. The molecule has 0 rings (SSSR count). The first kappa shape index (κ1) is 31.5. The third-order valence-corrected chi connectivity index (χ3v) is 3.95. The molecule has 0 aromatic rings. The molecule has 0 radical (unpaired) electrons. The average Bonchev–Trinajstić information content (AvgIpc) is 2.80. The summed E-state index contributed by atoms with van der Waals surface area (Å²) >= 11 is 0. The van der Waals surface area contributed by atoms with Gasteiger partial charge in [-0.2, -0.15) is 0 Å². The number of esters is 3. The lowest BCUT2D eigenvalue weighted by Crippen LogP contribution is -2.33. The number of hydrogen-bond donors (Lipinski definition) is 0. The van der Waals surface area contributed by atoms with Gasteiger partial charge < -0.3 is 33.2 Å². The molecule has 0 fully saturated rings. The summed E-state index contributed by atoms with van der Waals surface area (Å²) in [6.07, 6.45) is 1.11. The summed E-state index contributed by atoms with van der Waals surface area (Å²) in [5.41, 5.74) is 0. The maximum atomic E-state index is 11.3. The van der Waals surface area contributed by atoms with Crippen LogP contribution in [0.3, 0.4) is 0 Å². The van der Waals surface area contributed by atoms with Crippen molar-refractivity contribution in [3.8, 4) is 0 Å². The predicted octanol–water partition coefficient (Wildman–Crippen LogP) is 2.16. The largest absolute Gasteiger partial charge is 0.457 e. The molecule has 10 nitrogen and oxygen atoms in total. The lowest BCUT2D eigenvalue weighted by atomic mass is 10.3. The van der Waals surface area contributed by atoms with Gasteiger partial charge in [-0.3, -0.25) is 0 Å². The van der Waals surface area contributed by atoms with Crippen LogP contribution in [0.2, 0.25) is 0 Å². The van der Waals surface area contributed by atoms with E-state index in [0.29, 0.717) is 0 Å². The van der Waals surface area contributed by atoms with E-state index in [4.69, 9.17) is 33.2 Å². The lowest BCUT2D eigenvalue weighted by molar-refractivity contribution is -0.152. The second-order valence-electron chi connectivity index (χ2n) is 7.53. The summed E-state index contributed by atoms with van der Waals surface area (Å²) in [5.74, 6) is -1.59. The number of rotatable bonds is 20. The maximum Gasteiger partial charge on any atom is 0.330 e. The normalized spacial score (nSPS) is 15.2. The highest BCUT2D eigenvalue weighted by molar-refractivity contribution is 5.82. The van der Waals surface area contributed by atoms with Crippen molar-refractivity contribution >= 4 is 17.9 Å². The third kappa shape index (κ3) is 17.0. The van der Waals surface area contributed by atoms with E-state index in [2.05, 4.69) is 19.7 Å². The highest BCUT2D eigenvalue weighted by Gasteiger charge is 2.17. The van der Waals surface area contributed by atoms with Crippen LogP contribution in [0.4, 0.5) is 0 Å². The van der Waals surface area contributed by atoms with Gasteiger partial charge in [0, 0.05) is 18.2 Å². The highest BCUT2D eigenvalue weighted by Crippen LogP contribution is 2.04. The van der Waals surface area contributed by atoms with E-state index in [1.54, 1.807) is 20.8 Å². The van der Waals surface area contributed by atoms with Gasteiger partial charge in [-0.1, -0.05) is 19.7 Å². The van der Waals surface area contributed by atoms with E-state index in [0.717, 1.165) is 18.2 Å². The Balaban J connectivity index is 4.52. The van der Waals surface area contributed by atoms with Crippen molar-refractivity contribution in [1.29, 1.82) is 0 Å². The van der Waals surface area contributed by atoms with Crippen LogP contribution in [0.5, 0.6) is 0 Å². The summed E-state index contributed by atoms with van der Waals surface area (Å²) < 4.78 is 37.9. The number of carbonyl (C=O) groups is 3. The van der Waals surface area contributed by atoms with E-state index >= 15 is 0 Å². The first-order chi connectivity index (χ1) is 16.1. The van der Waals surface area contributed by atoms with Crippen LogP contribution in [-0.2, 0) is 47.5 Å². The molecule has 0 spiro atoms. The summed E-state index contributed by atoms with van der Waals surface area (Å²) in [6, 6.07) is 0. The second kappa shape index (κ2) is 18.8. The quantitative estimate of drug-likeness (QED) is 0.144. The van der Waals surface area contributed by atoms with Crippen molar-refractivity contribution in [2.24, 2.45) is 0 Å². The van der Waals surface area contributed by atoms with Crippen LogP contribution < -0.4 is 0 Å². The Hall–Kier alpha value is -2.53. The number of carbonyl (C=O) groups excluding carboxylic acids is 3. The maximum absolute atomic E-state index is 11.3. The highest BCUT2D eigenvalue weighted by atomic mass is 16.6. The molecular weight excluding hydrogens is 448 g/mol. The molecule has 0 aromatic carbocycles. The summed E-state index contributed by atoms with van der Waals surface area (Å²) in [5, 5.41) is 0. The molecule has 0 saturated heterocycles. The Kier molecular flexibility index (Phi) is 17.4. The first-order valence-electron chi connectivity index (χ1n) is 11.0. The van der Waals surface area contributed by atoms with E-state index in [9.17, 15) is 14.4 Å².